The van der Waals surface area contributed by atoms with Gasteiger partial charge in [0.05, 0.1) is 0 Å². The molecular weight excluding hydrogens is 297 g/mol. The third-order valence-corrected chi connectivity index (χ3v) is 4.25. The van der Waals surface area contributed by atoms with Gasteiger partial charge in [-0.15, -0.1) is 0 Å². The fourth-order valence-corrected chi connectivity index (χ4v) is 3.31. The lowest BCUT2D eigenvalue weighted by atomic mass is 10.0. The van der Waals surface area contributed by atoms with E-state index in [1.54, 1.807) is 35.2 Å². The molecule has 23 heavy (non-hydrogen) atoms. The molecule has 0 radical (unpaired) electrons. The van der Waals surface area contributed by atoms with Crippen molar-refractivity contribution in [1.82, 2.24) is 0 Å². The second kappa shape index (κ2) is 4.29. The average molecular weight is 309 g/mol. The first-order valence-corrected chi connectivity index (χ1v) is 7.44. The summed E-state index contributed by atoms with van der Waals surface area (Å²) in [4.78, 5) is 1.71. The number of halogens is 1. The number of para-hydroxylation sites is 2. The van der Waals surface area contributed by atoms with Gasteiger partial charge in [-0.1, -0.05) is 12.1 Å². The van der Waals surface area contributed by atoms with E-state index in [9.17, 15) is 9.50 Å². The highest BCUT2D eigenvalue weighted by molar-refractivity contribution is 5.86. The summed E-state index contributed by atoms with van der Waals surface area (Å²) in [5, 5.41) is 10.3. The SMILES string of the molecule is Oc1cccc2c1N1C3=C(CCC=C3O2)Oc2cccc(F)c21. The van der Waals surface area contributed by atoms with Crippen LogP contribution < -0.4 is 14.4 Å². The van der Waals surface area contributed by atoms with Crippen molar-refractivity contribution in [2.75, 3.05) is 4.90 Å². The Labute approximate surface area is 131 Å². The molecule has 0 fully saturated rings. The largest absolute Gasteiger partial charge is 0.506 e. The molecule has 0 atom stereocenters. The van der Waals surface area contributed by atoms with Crippen molar-refractivity contribution in [2.24, 2.45) is 0 Å². The summed E-state index contributed by atoms with van der Waals surface area (Å²) < 4.78 is 26.4. The molecule has 2 heterocycles. The zero-order valence-electron chi connectivity index (χ0n) is 12.0. The number of phenolic OH excluding ortho intramolecular Hbond substituents is 1. The molecule has 0 unspecified atom stereocenters. The highest BCUT2D eigenvalue weighted by Crippen LogP contribution is 2.55. The molecule has 5 rings (SSSR count). The molecule has 2 aromatic rings. The topological polar surface area (TPSA) is 41.9 Å². The number of allylic oxidation sites excluding steroid dienone is 2. The van der Waals surface area contributed by atoms with Gasteiger partial charge in [0.2, 0.25) is 0 Å². The number of ether oxygens (including phenoxy) is 2. The number of hydrogen-bond donors (Lipinski definition) is 1. The minimum atomic E-state index is -0.407. The molecule has 4 nitrogen and oxygen atoms in total. The van der Waals surface area contributed by atoms with Crippen molar-refractivity contribution < 1.29 is 19.0 Å². The molecule has 2 aliphatic heterocycles. The normalized spacial score (nSPS) is 17.4. The van der Waals surface area contributed by atoms with E-state index in [4.69, 9.17) is 9.47 Å². The fourth-order valence-electron chi connectivity index (χ4n) is 3.31. The Morgan fingerprint density at radius 2 is 1.78 bits per heavy atom. The van der Waals surface area contributed by atoms with Gasteiger partial charge in [0.25, 0.3) is 0 Å². The first-order chi connectivity index (χ1) is 11.2. The highest BCUT2D eigenvalue weighted by atomic mass is 19.1. The lowest BCUT2D eigenvalue weighted by Crippen LogP contribution is -2.33. The third kappa shape index (κ3) is 1.59. The summed E-state index contributed by atoms with van der Waals surface area (Å²) >= 11 is 0. The monoisotopic (exact) mass is 309 g/mol. The Kier molecular flexibility index (Phi) is 2.34. The van der Waals surface area contributed by atoms with Gasteiger partial charge in [-0.2, -0.15) is 0 Å². The van der Waals surface area contributed by atoms with E-state index in [0.717, 1.165) is 12.2 Å². The number of fused-ring (bicyclic) bond motifs is 4. The molecule has 114 valence electrons. The van der Waals surface area contributed by atoms with Crippen LogP contribution in [0.15, 0.2) is 59.7 Å². The molecule has 0 spiro atoms. The molecule has 0 saturated carbocycles. The number of anilines is 2. The van der Waals surface area contributed by atoms with Crippen molar-refractivity contribution in [3.8, 4) is 17.2 Å². The lowest BCUT2D eigenvalue weighted by Gasteiger charge is -2.41. The number of benzene rings is 2. The smallest absolute Gasteiger partial charge is 0.155 e. The van der Waals surface area contributed by atoms with E-state index in [-0.39, 0.29) is 5.75 Å². The van der Waals surface area contributed by atoms with Gasteiger partial charge in [-0.3, -0.25) is 4.90 Å². The van der Waals surface area contributed by atoms with E-state index < -0.39 is 5.82 Å². The first-order valence-electron chi connectivity index (χ1n) is 7.44. The standard InChI is InChI=1S/C18H12FNO3/c19-10-4-1-6-12-16(10)20-17-11(21)5-2-7-13(17)23-15-9-3-8-14(22-12)18(15)20/h1-2,4-7,9,21H,3,8H2. The summed E-state index contributed by atoms with van der Waals surface area (Å²) in [5.74, 6) is 1.94. The Hall–Kier alpha value is -2.95. The number of rotatable bonds is 0. The minimum absolute atomic E-state index is 0.0371. The maximum Gasteiger partial charge on any atom is 0.155 e. The lowest BCUT2D eigenvalue weighted by molar-refractivity contribution is 0.345. The zero-order valence-corrected chi connectivity index (χ0v) is 12.0. The Morgan fingerprint density at radius 3 is 2.65 bits per heavy atom. The van der Waals surface area contributed by atoms with Crippen molar-refractivity contribution in [3.63, 3.8) is 0 Å². The van der Waals surface area contributed by atoms with Gasteiger partial charge >= 0.3 is 0 Å². The molecule has 1 N–H and O–H groups in total. The molecule has 1 aliphatic carbocycles. The molecule has 0 aromatic heterocycles. The fraction of sp³-hybridized carbons (Fsp3) is 0.111. The van der Waals surface area contributed by atoms with Crippen LogP contribution >= 0.6 is 0 Å². The molecule has 3 aliphatic rings. The predicted molar refractivity (Wildman–Crippen MR) is 82.2 cm³/mol. The molecule has 0 amide bonds. The van der Waals surface area contributed by atoms with Crippen molar-refractivity contribution >= 4 is 11.4 Å². The second-order valence-corrected chi connectivity index (χ2v) is 5.63. The number of hydrogen-bond acceptors (Lipinski definition) is 4. The van der Waals surface area contributed by atoms with Gasteiger partial charge in [-0.25, -0.2) is 4.39 Å². The number of aromatic hydroxyl groups is 1. The summed E-state index contributed by atoms with van der Waals surface area (Å²) in [7, 11) is 0. The summed E-state index contributed by atoms with van der Waals surface area (Å²) in [6, 6.07) is 9.76. The van der Waals surface area contributed by atoms with Gasteiger partial charge in [-0.05, 0) is 36.8 Å². The Balaban J connectivity index is 1.88. The van der Waals surface area contributed by atoms with Crippen LogP contribution in [-0.4, -0.2) is 5.11 Å². The van der Waals surface area contributed by atoms with E-state index in [0.29, 0.717) is 40.8 Å². The Bertz CT molecular complexity index is 916. The van der Waals surface area contributed by atoms with Crippen LogP contribution in [0.1, 0.15) is 12.8 Å². The highest BCUT2D eigenvalue weighted by Gasteiger charge is 2.40. The van der Waals surface area contributed by atoms with E-state index in [1.165, 1.54) is 6.07 Å². The van der Waals surface area contributed by atoms with E-state index in [1.807, 2.05) is 6.08 Å². The third-order valence-electron chi connectivity index (χ3n) is 4.25. The van der Waals surface area contributed by atoms with Crippen LogP contribution in [0.5, 0.6) is 17.2 Å². The van der Waals surface area contributed by atoms with Gasteiger partial charge in [0, 0.05) is 6.42 Å². The van der Waals surface area contributed by atoms with Crippen molar-refractivity contribution in [3.05, 3.63) is 65.5 Å². The zero-order chi connectivity index (χ0) is 15.6. The molecule has 5 heteroatoms. The van der Waals surface area contributed by atoms with E-state index in [2.05, 4.69) is 0 Å². The number of nitrogens with zero attached hydrogens (tertiary/aromatic N) is 1. The van der Waals surface area contributed by atoms with Crippen molar-refractivity contribution in [2.45, 2.75) is 12.8 Å². The van der Waals surface area contributed by atoms with Crippen LogP contribution in [0.25, 0.3) is 0 Å². The molecule has 0 bridgehead atoms. The maximum atomic E-state index is 14.6. The second-order valence-electron chi connectivity index (χ2n) is 5.63. The van der Waals surface area contributed by atoms with E-state index >= 15 is 0 Å². The quantitative estimate of drug-likeness (QED) is 0.786. The van der Waals surface area contributed by atoms with Crippen LogP contribution in [0.4, 0.5) is 15.8 Å². The molecular formula is C18H12FNO3. The molecule has 0 saturated heterocycles. The van der Waals surface area contributed by atoms with Crippen molar-refractivity contribution in [1.29, 1.82) is 0 Å². The average Bonchev–Trinajstić information content (AvgIpc) is 2.55. The van der Waals surface area contributed by atoms with Crippen LogP contribution in [0, 0.1) is 5.82 Å². The minimum Gasteiger partial charge on any atom is -0.506 e. The molecule has 2 aromatic carbocycles. The van der Waals surface area contributed by atoms with Crippen LogP contribution in [-0.2, 0) is 0 Å². The van der Waals surface area contributed by atoms with Gasteiger partial charge in [0.1, 0.15) is 28.6 Å². The first kappa shape index (κ1) is 12.6. The Morgan fingerprint density at radius 1 is 1.00 bits per heavy atom. The maximum absolute atomic E-state index is 14.6. The summed E-state index contributed by atoms with van der Waals surface area (Å²) in [6.07, 6.45) is 3.46. The summed E-state index contributed by atoms with van der Waals surface area (Å²) in [6.45, 7) is 0. The van der Waals surface area contributed by atoms with Crippen LogP contribution in [0.3, 0.4) is 0 Å². The summed E-state index contributed by atoms with van der Waals surface area (Å²) in [5.41, 5.74) is 1.40. The van der Waals surface area contributed by atoms with Crippen LogP contribution in [0.2, 0.25) is 0 Å². The number of phenols is 1. The van der Waals surface area contributed by atoms with Gasteiger partial charge in [0.15, 0.2) is 23.1 Å². The van der Waals surface area contributed by atoms with Gasteiger partial charge < -0.3 is 14.6 Å². The predicted octanol–water partition coefficient (Wildman–Crippen LogP) is 4.34.